The average molecular weight is 282 g/mol. The Bertz CT molecular complexity index is 473. The number of rotatable bonds is 3. The molecular formula is C14H18O6. The number of hydrogen-bond donors (Lipinski definition) is 5. The second-order valence-corrected chi connectivity index (χ2v) is 4.84. The van der Waals surface area contributed by atoms with Crippen LogP contribution in [0.15, 0.2) is 30.8 Å². The van der Waals surface area contributed by atoms with Crippen LogP contribution >= 0.6 is 0 Å². The van der Waals surface area contributed by atoms with Crippen molar-refractivity contribution in [2.75, 3.05) is 6.61 Å². The lowest BCUT2D eigenvalue weighted by atomic mass is 9.89. The predicted octanol–water partition coefficient (Wildman–Crippen LogP) is -0.836. The van der Waals surface area contributed by atoms with E-state index < -0.39 is 36.8 Å². The SMILES string of the molecule is C=Cc1ccc([C@H](O)[C@@]2(O)OC[C@@H](O)[C@@H](O)[C@@H]2O)cc1. The summed E-state index contributed by atoms with van der Waals surface area (Å²) in [5.74, 6) is -2.38. The summed E-state index contributed by atoms with van der Waals surface area (Å²) in [5, 5.41) is 49.2. The first kappa shape index (κ1) is 15.1. The Hall–Kier alpha value is -1.28. The van der Waals surface area contributed by atoms with Crippen LogP contribution in [0.25, 0.3) is 6.08 Å². The first-order chi connectivity index (χ1) is 9.40. The van der Waals surface area contributed by atoms with Crippen LogP contribution in [0.1, 0.15) is 17.2 Å². The molecule has 110 valence electrons. The van der Waals surface area contributed by atoms with E-state index in [1.165, 1.54) is 0 Å². The molecule has 0 aromatic heterocycles. The van der Waals surface area contributed by atoms with E-state index in [4.69, 9.17) is 4.74 Å². The van der Waals surface area contributed by atoms with E-state index in [0.29, 0.717) is 5.56 Å². The molecule has 0 radical (unpaired) electrons. The van der Waals surface area contributed by atoms with Crippen molar-refractivity contribution in [3.8, 4) is 0 Å². The van der Waals surface area contributed by atoms with Crippen LogP contribution in [0.3, 0.4) is 0 Å². The lowest BCUT2D eigenvalue weighted by molar-refractivity contribution is -0.353. The fraction of sp³-hybridized carbons (Fsp3) is 0.429. The summed E-state index contributed by atoms with van der Waals surface area (Å²) >= 11 is 0. The molecule has 1 heterocycles. The molecule has 1 saturated heterocycles. The number of aliphatic hydroxyl groups excluding tert-OH is 4. The number of hydrogen-bond acceptors (Lipinski definition) is 6. The van der Waals surface area contributed by atoms with Gasteiger partial charge in [0.1, 0.15) is 24.4 Å². The van der Waals surface area contributed by atoms with Crippen LogP contribution in [-0.2, 0) is 4.74 Å². The molecule has 5 N–H and O–H groups in total. The first-order valence-corrected chi connectivity index (χ1v) is 6.21. The molecule has 0 saturated carbocycles. The zero-order valence-electron chi connectivity index (χ0n) is 10.8. The van der Waals surface area contributed by atoms with Gasteiger partial charge in [-0.15, -0.1) is 0 Å². The maximum Gasteiger partial charge on any atom is 0.226 e. The zero-order valence-corrected chi connectivity index (χ0v) is 10.8. The lowest BCUT2D eigenvalue weighted by Crippen LogP contribution is -2.63. The standard InChI is InChI=1S/C14H18O6/c1-2-8-3-5-9(6-4-8)12(17)14(19)13(18)11(16)10(15)7-20-14/h2-6,10-13,15-19H,1,7H2/t10-,11-,12+,13+,14-/m1/s1. The largest absolute Gasteiger partial charge is 0.388 e. The first-order valence-electron chi connectivity index (χ1n) is 6.21. The molecule has 1 aromatic rings. The van der Waals surface area contributed by atoms with Crippen LogP contribution < -0.4 is 0 Å². The Balaban J connectivity index is 2.25. The third-order valence-electron chi connectivity index (χ3n) is 3.51. The number of benzene rings is 1. The minimum absolute atomic E-state index is 0.306. The van der Waals surface area contributed by atoms with E-state index in [9.17, 15) is 25.5 Å². The van der Waals surface area contributed by atoms with Crippen molar-refractivity contribution in [3.05, 3.63) is 42.0 Å². The van der Waals surface area contributed by atoms with Gasteiger partial charge in [-0.25, -0.2) is 0 Å². The van der Waals surface area contributed by atoms with Crippen LogP contribution in [-0.4, -0.2) is 56.2 Å². The molecule has 0 spiro atoms. The fourth-order valence-corrected chi connectivity index (χ4v) is 2.15. The Morgan fingerprint density at radius 1 is 1.25 bits per heavy atom. The second-order valence-electron chi connectivity index (χ2n) is 4.84. The molecule has 1 fully saturated rings. The van der Waals surface area contributed by atoms with Gasteiger partial charge in [0.05, 0.1) is 6.61 Å². The minimum atomic E-state index is -2.38. The second kappa shape index (κ2) is 5.61. The summed E-state index contributed by atoms with van der Waals surface area (Å²) < 4.78 is 4.96. The molecule has 2 rings (SSSR count). The zero-order chi connectivity index (χ0) is 14.9. The summed E-state index contributed by atoms with van der Waals surface area (Å²) in [6, 6.07) is 6.45. The molecule has 0 unspecified atom stereocenters. The van der Waals surface area contributed by atoms with Crippen molar-refractivity contribution in [2.45, 2.75) is 30.2 Å². The van der Waals surface area contributed by atoms with Crippen molar-refractivity contribution < 1.29 is 30.3 Å². The molecule has 1 aromatic carbocycles. The average Bonchev–Trinajstić information content (AvgIpc) is 2.48. The van der Waals surface area contributed by atoms with E-state index in [2.05, 4.69) is 6.58 Å². The van der Waals surface area contributed by atoms with Crippen LogP contribution in [0.5, 0.6) is 0 Å². The molecule has 6 nitrogen and oxygen atoms in total. The maximum absolute atomic E-state index is 10.3. The summed E-state index contributed by atoms with van der Waals surface area (Å²) in [4.78, 5) is 0. The Labute approximate surface area is 116 Å². The molecule has 1 aliphatic heterocycles. The van der Waals surface area contributed by atoms with Gasteiger partial charge >= 0.3 is 0 Å². The van der Waals surface area contributed by atoms with Gasteiger partial charge < -0.3 is 30.3 Å². The van der Waals surface area contributed by atoms with E-state index in [1.54, 1.807) is 30.3 Å². The molecule has 0 bridgehead atoms. The van der Waals surface area contributed by atoms with Crippen molar-refractivity contribution in [2.24, 2.45) is 0 Å². The summed E-state index contributed by atoms with van der Waals surface area (Å²) in [6.07, 6.45) is -4.70. The molecule has 0 aliphatic carbocycles. The van der Waals surface area contributed by atoms with E-state index in [1.807, 2.05) is 0 Å². The normalized spacial score (nSPS) is 35.5. The molecule has 6 heteroatoms. The molecular weight excluding hydrogens is 264 g/mol. The molecule has 1 aliphatic rings. The van der Waals surface area contributed by atoms with Crippen LogP contribution in [0, 0.1) is 0 Å². The van der Waals surface area contributed by atoms with Gasteiger partial charge in [-0.3, -0.25) is 0 Å². The van der Waals surface area contributed by atoms with Gasteiger partial charge in [0.15, 0.2) is 0 Å². The van der Waals surface area contributed by atoms with Crippen molar-refractivity contribution in [1.29, 1.82) is 0 Å². The third-order valence-corrected chi connectivity index (χ3v) is 3.51. The quantitative estimate of drug-likeness (QED) is 0.495. The molecule has 20 heavy (non-hydrogen) atoms. The van der Waals surface area contributed by atoms with Crippen LogP contribution in [0.4, 0.5) is 0 Å². The summed E-state index contributed by atoms with van der Waals surface area (Å²) in [7, 11) is 0. The molecule has 0 amide bonds. The maximum atomic E-state index is 10.3. The number of ether oxygens (including phenoxy) is 1. The highest BCUT2D eigenvalue weighted by atomic mass is 16.7. The van der Waals surface area contributed by atoms with E-state index in [0.717, 1.165) is 5.56 Å². The van der Waals surface area contributed by atoms with Crippen LogP contribution in [0.2, 0.25) is 0 Å². The third kappa shape index (κ3) is 2.49. The molecule has 5 atom stereocenters. The van der Waals surface area contributed by atoms with Crippen molar-refractivity contribution in [3.63, 3.8) is 0 Å². The van der Waals surface area contributed by atoms with Gasteiger partial charge in [0.25, 0.3) is 0 Å². The smallest absolute Gasteiger partial charge is 0.226 e. The van der Waals surface area contributed by atoms with Gasteiger partial charge in [-0.1, -0.05) is 36.9 Å². The van der Waals surface area contributed by atoms with E-state index in [-0.39, 0.29) is 0 Å². The Morgan fingerprint density at radius 2 is 1.85 bits per heavy atom. The highest BCUT2D eigenvalue weighted by molar-refractivity contribution is 5.47. The van der Waals surface area contributed by atoms with Gasteiger partial charge in [-0.2, -0.15) is 0 Å². The van der Waals surface area contributed by atoms with Gasteiger partial charge in [0.2, 0.25) is 5.79 Å². The summed E-state index contributed by atoms with van der Waals surface area (Å²) in [5.41, 5.74) is 1.13. The minimum Gasteiger partial charge on any atom is -0.388 e. The van der Waals surface area contributed by atoms with Crippen molar-refractivity contribution in [1.82, 2.24) is 0 Å². The highest BCUT2D eigenvalue weighted by Gasteiger charge is 2.53. The summed E-state index contributed by atoms with van der Waals surface area (Å²) in [6.45, 7) is 3.21. The predicted molar refractivity (Wildman–Crippen MR) is 70.4 cm³/mol. The highest BCUT2D eigenvalue weighted by Crippen LogP contribution is 2.35. The Kier molecular flexibility index (Phi) is 4.24. The number of aliphatic hydroxyl groups is 5. The van der Waals surface area contributed by atoms with E-state index >= 15 is 0 Å². The van der Waals surface area contributed by atoms with Gasteiger partial charge in [0, 0.05) is 0 Å². The fourth-order valence-electron chi connectivity index (χ4n) is 2.15. The lowest BCUT2D eigenvalue weighted by Gasteiger charge is -2.44. The topological polar surface area (TPSA) is 110 Å². The van der Waals surface area contributed by atoms with Gasteiger partial charge in [-0.05, 0) is 11.1 Å². The van der Waals surface area contributed by atoms with Crippen molar-refractivity contribution >= 4 is 6.08 Å². The monoisotopic (exact) mass is 282 g/mol. The Morgan fingerprint density at radius 3 is 2.40 bits per heavy atom.